The highest BCUT2D eigenvalue weighted by Crippen LogP contribution is 2.34. The first-order chi connectivity index (χ1) is 14.3. The smallest absolute Gasteiger partial charge is 0.243 e. The number of rotatable bonds is 8. The average molecular weight is 495 g/mol. The molecule has 1 aliphatic heterocycles. The molecule has 0 saturated carbocycles. The Balaban J connectivity index is 1.59. The van der Waals surface area contributed by atoms with Gasteiger partial charge < -0.3 is 10.1 Å². The van der Waals surface area contributed by atoms with Crippen molar-refractivity contribution in [2.75, 3.05) is 19.7 Å². The van der Waals surface area contributed by atoms with Crippen molar-refractivity contribution in [3.05, 3.63) is 58.1 Å². The van der Waals surface area contributed by atoms with E-state index in [1.807, 2.05) is 32.0 Å². The Morgan fingerprint density at radius 3 is 2.53 bits per heavy atom. The zero-order chi connectivity index (χ0) is 21.7. The molecule has 0 spiro atoms. The van der Waals surface area contributed by atoms with Crippen molar-refractivity contribution in [3.8, 4) is 5.75 Å². The largest absolute Gasteiger partial charge is 0.493 e. The molecule has 30 heavy (non-hydrogen) atoms. The summed E-state index contributed by atoms with van der Waals surface area (Å²) in [5.74, 6) is 0.771. The Morgan fingerprint density at radius 1 is 1.17 bits per heavy atom. The molecule has 1 atom stereocenters. The minimum absolute atomic E-state index is 0.0346. The fourth-order valence-corrected chi connectivity index (χ4v) is 5.42. The molecular formula is C22H27BrN2O4S. The van der Waals surface area contributed by atoms with Gasteiger partial charge in [-0.25, -0.2) is 8.42 Å². The van der Waals surface area contributed by atoms with E-state index in [-0.39, 0.29) is 16.8 Å². The molecule has 0 aromatic heterocycles. The Hall–Kier alpha value is -1.90. The zero-order valence-electron chi connectivity index (χ0n) is 17.2. The van der Waals surface area contributed by atoms with E-state index in [0.717, 1.165) is 27.8 Å². The molecule has 8 heteroatoms. The van der Waals surface area contributed by atoms with E-state index in [4.69, 9.17) is 4.74 Å². The minimum atomic E-state index is -3.46. The van der Waals surface area contributed by atoms with Gasteiger partial charge in [0.15, 0.2) is 0 Å². The molecule has 1 aliphatic rings. The lowest BCUT2D eigenvalue weighted by Crippen LogP contribution is -2.32. The van der Waals surface area contributed by atoms with Crippen LogP contribution < -0.4 is 10.1 Å². The molecule has 0 saturated heterocycles. The molecule has 2 aromatic carbocycles. The van der Waals surface area contributed by atoms with Gasteiger partial charge in [-0.15, -0.1) is 0 Å². The van der Waals surface area contributed by atoms with Crippen LogP contribution in [0.4, 0.5) is 0 Å². The monoisotopic (exact) mass is 494 g/mol. The van der Waals surface area contributed by atoms with Crippen LogP contribution in [-0.2, 0) is 21.2 Å². The number of halogens is 1. The molecule has 3 rings (SSSR count). The number of carbonyl (C=O) groups excluding carboxylic acids is 1. The van der Waals surface area contributed by atoms with Gasteiger partial charge in [0.2, 0.25) is 15.9 Å². The van der Waals surface area contributed by atoms with E-state index in [1.165, 1.54) is 4.31 Å². The maximum atomic E-state index is 12.6. The summed E-state index contributed by atoms with van der Waals surface area (Å²) < 4.78 is 33.2. The quantitative estimate of drug-likeness (QED) is 0.600. The van der Waals surface area contributed by atoms with Crippen LogP contribution in [0.15, 0.2) is 51.8 Å². The second kappa shape index (κ2) is 9.94. The lowest BCUT2D eigenvalue weighted by atomic mass is 10.00. The predicted octanol–water partition coefficient (Wildman–Crippen LogP) is 4.05. The molecule has 0 aliphatic carbocycles. The number of carbonyl (C=O) groups is 1. The molecule has 0 radical (unpaired) electrons. The lowest BCUT2D eigenvalue weighted by molar-refractivity contribution is -0.122. The molecule has 2 aromatic rings. The van der Waals surface area contributed by atoms with Crippen LogP contribution in [-0.4, -0.2) is 38.3 Å². The van der Waals surface area contributed by atoms with Crippen molar-refractivity contribution in [2.24, 2.45) is 0 Å². The summed E-state index contributed by atoms with van der Waals surface area (Å²) in [7, 11) is -3.46. The highest BCUT2D eigenvalue weighted by atomic mass is 79.9. The van der Waals surface area contributed by atoms with Crippen molar-refractivity contribution in [1.82, 2.24) is 9.62 Å². The third-order valence-corrected chi connectivity index (χ3v) is 7.81. The number of hydrogen-bond donors (Lipinski definition) is 1. The molecule has 0 fully saturated rings. The summed E-state index contributed by atoms with van der Waals surface area (Å²) in [5.41, 5.74) is 1.91. The maximum absolute atomic E-state index is 12.6. The number of benzene rings is 2. The second-order valence-corrected chi connectivity index (χ2v) is 10.0. The van der Waals surface area contributed by atoms with Gasteiger partial charge in [-0.3, -0.25) is 4.79 Å². The van der Waals surface area contributed by atoms with E-state index < -0.39 is 10.0 Å². The first-order valence-electron chi connectivity index (χ1n) is 10.2. The van der Waals surface area contributed by atoms with Gasteiger partial charge in [0, 0.05) is 36.0 Å². The van der Waals surface area contributed by atoms with Gasteiger partial charge in [-0.05, 0) is 42.3 Å². The maximum Gasteiger partial charge on any atom is 0.243 e. The van der Waals surface area contributed by atoms with Crippen molar-refractivity contribution in [2.45, 2.75) is 44.0 Å². The van der Waals surface area contributed by atoms with Crippen molar-refractivity contribution in [3.63, 3.8) is 0 Å². The molecule has 1 amide bonds. The highest BCUT2D eigenvalue weighted by Gasteiger charge is 2.24. The van der Waals surface area contributed by atoms with Gasteiger partial charge in [-0.1, -0.05) is 41.9 Å². The Bertz CT molecular complexity index is 989. The number of aryl methyl sites for hydroxylation is 1. The molecule has 1 heterocycles. The topological polar surface area (TPSA) is 75.7 Å². The SMILES string of the molecule is CCN(CC)S(=O)(=O)c1ccc(CCC(=O)NC2CCOc3ccc(Br)cc32)cc1. The van der Waals surface area contributed by atoms with E-state index >= 15 is 0 Å². The number of sulfonamides is 1. The lowest BCUT2D eigenvalue weighted by Gasteiger charge is -2.27. The Kier molecular flexibility index (Phi) is 7.55. The van der Waals surface area contributed by atoms with E-state index in [2.05, 4.69) is 21.2 Å². The molecule has 1 unspecified atom stereocenters. The van der Waals surface area contributed by atoms with Crippen LogP contribution >= 0.6 is 15.9 Å². The van der Waals surface area contributed by atoms with Crippen LogP contribution in [0.25, 0.3) is 0 Å². The van der Waals surface area contributed by atoms with E-state index in [1.54, 1.807) is 24.3 Å². The second-order valence-electron chi connectivity index (χ2n) is 7.17. The number of hydrogen-bond acceptors (Lipinski definition) is 4. The average Bonchev–Trinajstić information content (AvgIpc) is 2.73. The normalized spacial score (nSPS) is 16.1. The summed E-state index contributed by atoms with van der Waals surface area (Å²) in [6.07, 6.45) is 1.61. The third-order valence-electron chi connectivity index (χ3n) is 5.25. The van der Waals surface area contributed by atoms with Crippen LogP contribution in [0.1, 0.15) is 43.9 Å². The van der Waals surface area contributed by atoms with Crippen molar-refractivity contribution in [1.29, 1.82) is 0 Å². The molecule has 6 nitrogen and oxygen atoms in total. The fraction of sp³-hybridized carbons (Fsp3) is 0.409. The molecule has 1 N–H and O–H groups in total. The number of nitrogens with one attached hydrogen (secondary N) is 1. The number of amides is 1. The van der Waals surface area contributed by atoms with Gasteiger partial charge in [0.25, 0.3) is 0 Å². The van der Waals surface area contributed by atoms with Crippen molar-refractivity contribution < 1.29 is 17.9 Å². The van der Waals surface area contributed by atoms with Gasteiger partial charge in [0.1, 0.15) is 5.75 Å². The summed E-state index contributed by atoms with van der Waals surface area (Å²) in [4.78, 5) is 12.8. The summed E-state index contributed by atoms with van der Waals surface area (Å²) in [5, 5.41) is 3.10. The molecule has 162 valence electrons. The van der Waals surface area contributed by atoms with Crippen LogP contribution in [0, 0.1) is 0 Å². The fourth-order valence-electron chi connectivity index (χ4n) is 3.58. The predicted molar refractivity (Wildman–Crippen MR) is 120 cm³/mol. The van der Waals surface area contributed by atoms with E-state index in [9.17, 15) is 13.2 Å². The van der Waals surface area contributed by atoms with E-state index in [0.29, 0.717) is 32.5 Å². The first kappa shape index (κ1) is 22.8. The van der Waals surface area contributed by atoms with Gasteiger partial charge in [-0.2, -0.15) is 4.31 Å². The Morgan fingerprint density at radius 2 is 1.87 bits per heavy atom. The third kappa shape index (κ3) is 5.22. The summed E-state index contributed by atoms with van der Waals surface area (Å²) in [6, 6.07) is 12.5. The zero-order valence-corrected chi connectivity index (χ0v) is 19.6. The number of nitrogens with zero attached hydrogens (tertiary/aromatic N) is 1. The van der Waals surface area contributed by atoms with Gasteiger partial charge >= 0.3 is 0 Å². The van der Waals surface area contributed by atoms with Gasteiger partial charge in [0.05, 0.1) is 17.5 Å². The molecule has 0 bridgehead atoms. The highest BCUT2D eigenvalue weighted by molar-refractivity contribution is 9.10. The van der Waals surface area contributed by atoms with Crippen LogP contribution in [0.5, 0.6) is 5.75 Å². The summed E-state index contributed by atoms with van der Waals surface area (Å²) >= 11 is 3.47. The Labute approximate surface area is 186 Å². The van der Waals surface area contributed by atoms with Crippen LogP contribution in [0.3, 0.4) is 0 Å². The standard InChI is InChI=1S/C22H27BrN2O4S/c1-3-25(4-2)30(27,28)18-9-5-16(6-10-18)7-12-22(26)24-20-13-14-29-21-11-8-17(23)15-19(20)21/h5-6,8-11,15,20H,3-4,7,12-14H2,1-2H3,(H,24,26). The minimum Gasteiger partial charge on any atom is -0.493 e. The number of fused-ring (bicyclic) bond motifs is 1. The number of ether oxygens (including phenoxy) is 1. The van der Waals surface area contributed by atoms with Crippen molar-refractivity contribution >= 4 is 31.9 Å². The summed E-state index contributed by atoms with van der Waals surface area (Å²) in [6.45, 7) is 5.09. The first-order valence-corrected chi connectivity index (χ1v) is 12.4. The molecular weight excluding hydrogens is 468 g/mol. The van der Waals surface area contributed by atoms with Crippen LogP contribution in [0.2, 0.25) is 0 Å².